The van der Waals surface area contributed by atoms with E-state index >= 15 is 0 Å². The minimum absolute atomic E-state index is 0.00898. The number of halogens is 1. The van der Waals surface area contributed by atoms with E-state index in [1.165, 1.54) is 5.56 Å². The van der Waals surface area contributed by atoms with Crippen molar-refractivity contribution in [1.82, 2.24) is 18.3 Å². The van der Waals surface area contributed by atoms with Crippen LogP contribution in [0.2, 0.25) is 0 Å². The predicted octanol–water partition coefficient (Wildman–Crippen LogP) is 2.46. The van der Waals surface area contributed by atoms with Crippen LogP contribution in [-0.2, 0) is 17.8 Å². The maximum atomic E-state index is 11.9. The topological polar surface area (TPSA) is 59.8 Å². The molecule has 2 heterocycles. The zero-order valence-corrected chi connectivity index (χ0v) is 13.7. The smallest absolute Gasteiger partial charge is 0.224 e. The zero-order valence-electron chi connectivity index (χ0n) is 11.5. The average molecular weight is 384 g/mol. The van der Waals surface area contributed by atoms with E-state index in [9.17, 15) is 4.79 Å². The molecule has 5 nitrogen and oxygen atoms in total. The first-order chi connectivity index (χ1) is 9.58. The van der Waals surface area contributed by atoms with E-state index < -0.39 is 0 Å². The number of hydrogen-bond donors (Lipinski definition) is 1. The summed E-state index contributed by atoms with van der Waals surface area (Å²) in [5.74, 6) is 0.383. The Kier molecular flexibility index (Phi) is 5.11. The van der Waals surface area contributed by atoms with Gasteiger partial charge >= 0.3 is 0 Å². The Labute approximate surface area is 132 Å². The number of hydrogen-bond acceptors (Lipinski definition) is 3. The summed E-state index contributed by atoms with van der Waals surface area (Å²) in [6.45, 7) is 4.73. The van der Waals surface area contributed by atoms with Crippen molar-refractivity contribution in [3.63, 3.8) is 0 Å². The lowest BCUT2D eigenvalue weighted by atomic mass is 10.0. The van der Waals surface area contributed by atoms with Crippen molar-refractivity contribution >= 4 is 28.8 Å². The van der Waals surface area contributed by atoms with E-state index in [1.54, 1.807) is 15.3 Å². The molecular formula is C14H17IN4O. The molecule has 0 saturated carbocycles. The molecule has 0 radical (unpaired) electrons. The van der Waals surface area contributed by atoms with Gasteiger partial charge in [-0.2, -0.15) is 5.10 Å². The molecule has 0 aliphatic carbocycles. The van der Waals surface area contributed by atoms with Crippen LogP contribution in [-0.4, -0.2) is 18.9 Å². The van der Waals surface area contributed by atoms with Crippen molar-refractivity contribution in [2.24, 2.45) is 0 Å². The molecule has 2 aromatic heterocycles. The second-order valence-corrected chi connectivity index (χ2v) is 5.79. The maximum Gasteiger partial charge on any atom is 0.224 e. The SMILES string of the molecule is CC(C)c1cnn(I)c1CNC(=O)Cc1cccnc1. The van der Waals surface area contributed by atoms with Gasteiger partial charge in [0.1, 0.15) is 0 Å². The Hall–Kier alpha value is -1.44. The summed E-state index contributed by atoms with van der Waals surface area (Å²) < 4.78 is 1.79. The fourth-order valence-electron chi connectivity index (χ4n) is 1.95. The first-order valence-electron chi connectivity index (χ1n) is 6.46. The molecule has 1 amide bonds. The van der Waals surface area contributed by atoms with E-state index in [0.717, 1.165) is 11.3 Å². The lowest BCUT2D eigenvalue weighted by Crippen LogP contribution is -2.25. The number of rotatable bonds is 5. The molecule has 0 aliphatic heterocycles. The highest BCUT2D eigenvalue weighted by atomic mass is 127. The first-order valence-corrected chi connectivity index (χ1v) is 7.43. The Morgan fingerprint density at radius 1 is 1.45 bits per heavy atom. The molecule has 0 saturated heterocycles. The van der Waals surface area contributed by atoms with Gasteiger partial charge in [0.2, 0.25) is 5.91 Å². The quantitative estimate of drug-likeness (QED) is 0.806. The van der Waals surface area contributed by atoms with Gasteiger partial charge in [0.25, 0.3) is 0 Å². The number of aromatic nitrogens is 3. The summed E-state index contributed by atoms with van der Waals surface area (Å²) in [5.41, 5.74) is 3.12. The molecule has 2 rings (SSSR count). The molecule has 1 N–H and O–H groups in total. The van der Waals surface area contributed by atoms with Gasteiger partial charge in [-0.15, -0.1) is 0 Å². The maximum absolute atomic E-state index is 11.9. The Morgan fingerprint density at radius 2 is 2.25 bits per heavy atom. The van der Waals surface area contributed by atoms with Crippen LogP contribution in [0.15, 0.2) is 30.7 Å². The summed E-state index contributed by atoms with van der Waals surface area (Å²) in [6, 6.07) is 3.73. The van der Waals surface area contributed by atoms with E-state index in [2.05, 4.69) is 52.1 Å². The van der Waals surface area contributed by atoms with Gasteiger partial charge in [0.15, 0.2) is 0 Å². The molecule has 0 aliphatic rings. The van der Waals surface area contributed by atoms with Gasteiger partial charge in [0.05, 0.1) is 47.7 Å². The second-order valence-electron chi connectivity index (χ2n) is 4.88. The molecule has 0 atom stereocenters. The van der Waals surface area contributed by atoms with Crippen LogP contribution < -0.4 is 5.32 Å². The first kappa shape index (κ1) is 15.0. The molecule has 0 aromatic carbocycles. The highest BCUT2D eigenvalue weighted by Gasteiger charge is 2.13. The van der Waals surface area contributed by atoms with Crippen molar-refractivity contribution in [2.75, 3.05) is 0 Å². The van der Waals surface area contributed by atoms with Crippen LogP contribution in [0.1, 0.15) is 36.6 Å². The Morgan fingerprint density at radius 3 is 2.90 bits per heavy atom. The molecule has 0 unspecified atom stereocenters. The second kappa shape index (κ2) is 6.83. The summed E-state index contributed by atoms with van der Waals surface area (Å²) in [7, 11) is 0. The van der Waals surface area contributed by atoms with Crippen LogP contribution in [0, 0.1) is 0 Å². The van der Waals surface area contributed by atoms with Gasteiger partial charge < -0.3 is 5.32 Å². The number of carbonyl (C=O) groups is 1. The number of pyridine rings is 1. The monoisotopic (exact) mass is 384 g/mol. The van der Waals surface area contributed by atoms with E-state index in [-0.39, 0.29) is 5.91 Å². The lowest BCUT2D eigenvalue weighted by molar-refractivity contribution is -0.120. The third kappa shape index (κ3) is 3.78. The third-order valence-electron chi connectivity index (χ3n) is 3.02. The third-order valence-corrected chi connectivity index (χ3v) is 3.85. The van der Waals surface area contributed by atoms with Gasteiger partial charge in [-0.3, -0.25) is 9.78 Å². The van der Waals surface area contributed by atoms with Crippen LogP contribution in [0.4, 0.5) is 0 Å². The molecule has 2 aromatic rings. The normalized spacial score (nSPS) is 10.8. The van der Waals surface area contributed by atoms with E-state index in [1.807, 2.05) is 18.3 Å². The number of amides is 1. The van der Waals surface area contributed by atoms with E-state index in [4.69, 9.17) is 0 Å². The summed E-state index contributed by atoms with van der Waals surface area (Å²) >= 11 is 2.13. The number of nitrogens with one attached hydrogen (secondary N) is 1. The average Bonchev–Trinajstić information content (AvgIpc) is 2.79. The van der Waals surface area contributed by atoms with E-state index in [0.29, 0.717) is 18.9 Å². The standard InChI is InChI=1S/C14H17IN4O/c1-10(2)12-8-18-19(15)13(12)9-17-14(20)6-11-4-3-5-16-7-11/h3-5,7-8,10H,6,9H2,1-2H3,(H,17,20). The predicted molar refractivity (Wildman–Crippen MR) is 85.5 cm³/mol. The zero-order chi connectivity index (χ0) is 14.5. The van der Waals surface area contributed by atoms with Crippen LogP contribution in [0.5, 0.6) is 0 Å². The van der Waals surface area contributed by atoms with Crippen molar-refractivity contribution in [3.8, 4) is 0 Å². The van der Waals surface area contributed by atoms with Gasteiger partial charge in [-0.25, -0.2) is 2.90 Å². The van der Waals surface area contributed by atoms with Crippen molar-refractivity contribution in [3.05, 3.63) is 47.5 Å². The van der Waals surface area contributed by atoms with Crippen molar-refractivity contribution in [1.29, 1.82) is 0 Å². The molecular weight excluding hydrogens is 367 g/mol. The molecule has 0 spiro atoms. The summed E-state index contributed by atoms with van der Waals surface area (Å²) in [5, 5.41) is 7.18. The fraction of sp³-hybridized carbons (Fsp3) is 0.357. The van der Waals surface area contributed by atoms with Crippen molar-refractivity contribution < 1.29 is 4.79 Å². The highest BCUT2D eigenvalue weighted by Crippen LogP contribution is 2.20. The fourth-order valence-corrected chi connectivity index (χ4v) is 2.52. The molecule has 6 heteroatoms. The summed E-state index contributed by atoms with van der Waals surface area (Å²) in [4.78, 5) is 15.9. The minimum atomic E-state index is -0.00898. The Balaban J connectivity index is 1.95. The Bertz CT molecular complexity index is 580. The van der Waals surface area contributed by atoms with Crippen LogP contribution in [0.3, 0.4) is 0 Å². The number of nitrogens with zero attached hydrogens (tertiary/aromatic N) is 3. The molecule has 0 bridgehead atoms. The van der Waals surface area contributed by atoms with Gasteiger partial charge in [-0.05, 0) is 23.1 Å². The lowest BCUT2D eigenvalue weighted by Gasteiger charge is -2.09. The number of carbonyl (C=O) groups excluding carboxylic acids is 1. The van der Waals surface area contributed by atoms with Crippen LogP contribution in [0.25, 0.3) is 0 Å². The highest BCUT2D eigenvalue weighted by molar-refractivity contribution is 14.1. The molecule has 0 fully saturated rings. The largest absolute Gasteiger partial charge is 0.350 e. The summed E-state index contributed by atoms with van der Waals surface area (Å²) in [6.07, 6.45) is 5.62. The molecule has 20 heavy (non-hydrogen) atoms. The minimum Gasteiger partial charge on any atom is -0.350 e. The van der Waals surface area contributed by atoms with Gasteiger partial charge in [-0.1, -0.05) is 19.9 Å². The van der Waals surface area contributed by atoms with Crippen molar-refractivity contribution in [2.45, 2.75) is 32.7 Å². The van der Waals surface area contributed by atoms with Gasteiger partial charge in [0, 0.05) is 12.4 Å². The molecule has 106 valence electrons. The van der Waals surface area contributed by atoms with Crippen LogP contribution >= 0.6 is 22.9 Å².